The molecule has 0 aromatic heterocycles. The van der Waals surface area contributed by atoms with Crippen LogP contribution in [0.4, 0.5) is 4.39 Å². The summed E-state index contributed by atoms with van der Waals surface area (Å²) in [7, 11) is -0.701. The van der Waals surface area contributed by atoms with Gasteiger partial charge in [-0.05, 0) is 49.3 Å². The van der Waals surface area contributed by atoms with E-state index in [2.05, 4.69) is 17.0 Å². The van der Waals surface area contributed by atoms with Crippen LogP contribution in [0.25, 0.3) is 0 Å². The van der Waals surface area contributed by atoms with Crippen LogP contribution >= 0.6 is 0 Å². The molecule has 1 aromatic rings. The van der Waals surface area contributed by atoms with E-state index in [9.17, 15) is 22.4 Å². The Morgan fingerprint density at radius 2 is 2.08 bits per heavy atom. The van der Waals surface area contributed by atoms with Gasteiger partial charge in [-0.1, -0.05) is 26.0 Å². The summed E-state index contributed by atoms with van der Waals surface area (Å²) in [5.41, 5.74) is 0.953. The minimum absolute atomic E-state index is 0.0372. The molecule has 2 aliphatic rings. The first-order valence-electron chi connectivity index (χ1n) is 13.1. The van der Waals surface area contributed by atoms with E-state index in [0.717, 1.165) is 29.1 Å². The molecular formula is C26H41FN4O5S. The molecule has 208 valence electrons. The quantitative estimate of drug-likeness (QED) is 0.423. The van der Waals surface area contributed by atoms with E-state index in [-0.39, 0.29) is 54.0 Å². The maximum absolute atomic E-state index is 13.6. The second kappa shape index (κ2) is 13.1. The lowest BCUT2D eigenvalue weighted by atomic mass is 9.92. The normalized spacial score (nSPS) is 24.2. The Morgan fingerprint density at radius 3 is 2.70 bits per heavy atom. The number of nitrogens with zero attached hydrogens (tertiary/aromatic N) is 2. The lowest BCUT2D eigenvalue weighted by molar-refractivity contribution is -0.138. The highest BCUT2D eigenvalue weighted by molar-refractivity contribution is 7.87. The molecule has 0 saturated carbocycles. The topological polar surface area (TPSA) is 108 Å². The fraction of sp³-hybridized carbons (Fsp3) is 0.692. The average molecular weight is 541 g/mol. The number of amides is 2. The van der Waals surface area contributed by atoms with E-state index in [1.807, 2.05) is 13.0 Å². The predicted molar refractivity (Wildman–Crippen MR) is 139 cm³/mol. The molecule has 0 bridgehead atoms. The number of hydrogen-bond acceptors (Lipinski definition) is 5. The Labute approximate surface area is 220 Å². The number of benzene rings is 1. The summed E-state index contributed by atoms with van der Waals surface area (Å²) in [4.78, 5) is 26.4. The zero-order valence-electron chi connectivity index (χ0n) is 22.3. The summed E-state index contributed by atoms with van der Waals surface area (Å²) in [5.74, 6) is -0.867. The van der Waals surface area contributed by atoms with Gasteiger partial charge in [0.2, 0.25) is 11.8 Å². The van der Waals surface area contributed by atoms with Crippen molar-refractivity contribution >= 4 is 22.0 Å². The highest BCUT2D eigenvalue weighted by Crippen LogP contribution is 2.26. The van der Waals surface area contributed by atoms with Gasteiger partial charge in [-0.15, -0.1) is 0 Å². The molecule has 11 heteroatoms. The number of rotatable bonds is 12. The summed E-state index contributed by atoms with van der Waals surface area (Å²) in [6.45, 7) is 5.54. The molecule has 0 radical (unpaired) electrons. The Bertz CT molecular complexity index is 1040. The standard InChI is InChI=1S/C26H41FN4O5S/c1-5-23(10-9-18(2)19-7-6-8-22(27)13-19)36-17-21-16-31(26(33)20-14-25(32)28-15-20)12-11-24(21)29-37(34,35)30(3)4/h6-8,13,18,20-21,23-24,29H,5,9-12,14-17H2,1-4H3,(H,28,32)/t18-,20?,21?,23+,24?/m1/s1. The number of halogens is 1. The highest BCUT2D eigenvalue weighted by Gasteiger charge is 2.38. The molecule has 2 saturated heterocycles. The van der Waals surface area contributed by atoms with Gasteiger partial charge in [0.25, 0.3) is 10.2 Å². The number of piperidine rings is 1. The van der Waals surface area contributed by atoms with Gasteiger partial charge in [0, 0.05) is 52.1 Å². The molecule has 5 atom stereocenters. The molecule has 2 N–H and O–H groups in total. The van der Waals surface area contributed by atoms with Crippen LogP contribution in [-0.2, 0) is 24.5 Å². The van der Waals surface area contributed by atoms with Crippen LogP contribution in [0.5, 0.6) is 0 Å². The predicted octanol–water partition coefficient (Wildman–Crippen LogP) is 2.25. The zero-order chi connectivity index (χ0) is 27.2. The maximum atomic E-state index is 13.6. The number of carbonyl (C=O) groups is 2. The van der Waals surface area contributed by atoms with Crippen LogP contribution in [0.15, 0.2) is 24.3 Å². The minimum atomic E-state index is -3.65. The fourth-order valence-electron chi connectivity index (χ4n) is 4.97. The van der Waals surface area contributed by atoms with Gasteiger partial charge in [0.15, 0.2) is 0 Å². The van der Waals surface area contributed by atoms with E-state index in [4.69, 9.17) is 4.74 Å². The largest absolute Gasteiger partial charge is 0.378 e. The summed E-state index contributed by atoms with van der Waals surface area (Å²) in [5, 5.41) is 2.71. The zero-order valence-corrected chi connectivity index (χ0v) is 23.1. The summed E-state index contributed by atoms with van der Waals surface area (Å²) < 4.78 is 48.9. The Morgan fingerprint density at radius 1 is 1.32 bits per heavy atom. The number of nitrogens with one attached hydrogen (secondary N) is 2. The van der Waals surface area contributed by atoms with Gasteiger partial charge >= 0.3 is 0 Å². The van der Waals surface area contributed by atoms with E-state index >= 15 is 0 Å². The van der Waals surface area contributed by atoms with E-state index < -0.39 is 10.2 Å². The van der Waals surface area contributed by atoms with Gasteiger partial charge in [-0.2, -0.15) is 17.4 Å². The summed E-state index contributed by atoms with van der Waals surface area (Å²) >= 11 is 0. The fourth-order valence-corrected chi connectivity index (χ4v) is 5.88. The third kappa shape index (κ3) is 8.20. The Hall–Kier alpha value is -2.08. The number of carbonyl (C=O) groups excluding carboxylic acids is 2. The third-order valence-corrected chi connectivity index (χ3v) is 9.06. The molecule has 3 rings (SSSR count). The van der Waals surface area contributed by atoms with Gasteiger partial charge in [0.1, 0.15) is 5.82 Å². The molecule has 9 nitrogen and oxygen atoms in total. The lowest BCUT2D eigenvalue weighted by Crippen LogP contribution is -2.56. The van der Waals surface area contributed by atoms with E-state index in [0.29, 0.717) is 32.7 Å². The SMILES string of the molecule is CC[C@@H](CC[C@@H](C)c1cccc(F)c1)OCC1CN(C(=O)C2CNC(=O)C2)CCC1NS(=O)(=O)N(C)C. The second-order valence-corrected chi connectivity index (χ2v) is 12.4. The highest BCUT2D eigenvalue weighted by atomic mass is 32.2. The first-order valence-corrected chi connectivity index (χ1v) is 14.6. The monoisotopic (exact) mass is 540 g/mol. The molecular weight excluding hydrogens is 499 g/mol. The van der Waals surface area contributed by atoms with Crippen molar-refractivity contribution in [3.63, 3.8) is 0 Å². The molecule has 0 aliphatic carbocycles. The number of hydrogen-bond donors (Lipinski definition) is 2. The molecule has 0 spiro atoms. The first-order chi connectivity index (χ1) is 17.5. The molecule has 2 fully saturated rings. The third-order valence-electron chi connectivity index (χ3n) is 7.49. The van der Waals surface area contributed by atoms with Crippen molar-refractivity contribution in [1.29, 1.82) is 0 Å². The van der Waals surface area contributed by atoms with Crippen LogP contribution in [0, 0.1) is 17.7 Å². The van der Waals surface area contributed by atoms with Gasteiger partial charge < -0.3 is 15.0 Å². The van der Waals surface area contributed by atoms with Gasteiger partial charge in [-0.25, -0.2) is 4.39 Å². The smallest absolute Gasteiger partial charge is 0.279 e. The van der Waals surface area contributed by atoms with Gasteiger partial charge in [-0.3, -0.25) is 9.59 Å². The van der Waals surface area contributed by atoms with E-state index in [1.54, 1.807) is 17.0 Å². The molecule has 2 amide bonds. The van der Waals surface area contributed by atoms with E-state index in [1.165, 1.54) is 20.2 Å². The van der Waals surface area contributed by atoms with Crippen LogP contribution in [0.3, 0.4) is 0 Å². The van der Waals surface area contributed by atoms with Crippen LogP contribution < -0.4 is 10.0 Å². The van der Waals surface area contributed by atoms with Crippen molar-refractivity contribution < 1.29 is 27.1 Å². The van der Waals surface area contributed by atoms with Crippen molar-refractivity contribution in [2.75, 3.05) is 40.3 Å². The lowest BCUT2D eigenvalue weighted by Gasteiger charge is -2.40. The first kappa shape index (κ1) is 29.5. The summed E-state index contributed by atoms with van der Waals surface area (Å²) in [6, 6.07) is 6.28. The van der Waals surface area contributed by atoms with Crippen molar-refractivity contribution in [1.82, 2.24) is 19.2 Å². The van der Waals surface area contributed by atoms with Crippen molar-refractivity contribution in [2.45, 2.75) is 64.0 Å². The van der Waals surface area contributed by atoms with Crippen LogP contribution in [0.2, 0.25) is 0 Å². The van der Waals surface area contributed by atoms with Crippen LogP contribution in [0.1, 0.15) is 57.4 Å². The molecule has 3 unspecified atom stereocenters. The maximum Gasteiger partial charge on any atom is 0.279 e. The molecule has 1 aromatic carbocycles. The van der Waals surface area contributed by atoms with Crippen molar-refractivity contribution in [3.8, 4) is 0 Å². The average Bonchev–Trinajstić information content (AvgIpc) is 3.30. The summed E-state index contributed by atoms with van der Waals surface area (Å²) in [6.07, 6.45) is 3.02. The van der Waals surface area contributed by atoms with Gasteiger partial charge in [0.05, 0.1) is 18.6 Å². The van der Waals surface area contributed by atoms with Crippen molar-refractivity contribution in [3.05, 3.63) is 35.6 Å². The molecule has 2 aliphatic heterocycles. The Kier molecular flexibility index (Phi) is 10.5. The minimum Gasteiger partial charge on any atom is -0.378 e. The number of ether oxygens (including phenoxy) is 1. The second-order valence-electron chi connectivity index (χ2n) is 10.4. The number of likely N-dealkylation sites (tertiary alicyclic amines) is 1. The Balaban J connectivity index is 1.63. The van der Waals surface area contributed by atoms with Crippen molar-refractivity contribution in [2.24, 2.45) is 11.8 Å². The molecule has 37 heavy (non-hydrogen) atoms. The van der Waals surface area contributed by atoms with Crippen LogP contribution in [-0.4, -0.2) is 81.9 Å². The molecule has 2 heterocycles.